The molecule has 0 saturated carbocycles. The summed E-state index contributed by atoms with van der Waals surface area (Å²) in [6.07, 6.45) is 3.06. The van der Waals surface area contributed by atoms with E-state index >= 15 is 0 Å². The van der Waals surface area contributed by atoms with E-state index < -0.39 is 0 Å². The first-order chi connectivity index (χ1) is 6.20. The zero-order valence-corrected chi connectivity index (χ0v) is 9.50. The Balaban J connectivity index is 2.97. The van der Waals surface area contributed by atoms with Gasteiger partial charge in [0.2, 0.25) is 0 Å². The molecule has 0 spiro atoms. The van der Waals surface area contributed by atoms with Gasteiger partial charge in [-0.15, -0.1) is 0 Å². The van der Waals surface area contributed by atoms with E-state index in [4.69, 9.17) is 0 Å². The molecular formula is C8H4Br2N2O. The van der Waals surface area contributed by atoms with E-state index in [0.29, 0.717) is 9.99 Å². The lowest BCUT2D eigenvalue weighted by atomic mass is 10.2. The quantitative estimate of drug-likeness (QED) is 0.814. The van der Waals surface area contributed by atoms with Crippen molar-refractivity contribution in [2.45, 2.75) is 0 Å². The van der Waals surface area contributed by atoms with Gasteiger partial charge in [-0.2, -0.15) is 0 Å². The Morgan fingerprint density at radius 2 is 2.00 bits per heavy atom. The number of fused-ring (bicyclic) bond motifs is 1. The smallest absolute Gasteiger partial charge is 0.156 e. The van der Waals surface area contributed by atoms with Crippen molar-refractivity contribution in [3.63, 3.8) is 0 Å². The van der Waals surface area contributed by atoms with Crippen LogP contribution in [0.15, 0.2) is 27.5 Å². The van der Waals surface area contributed by atoms with E-state index in [2.05, 4.69) is 41.8 Å². The Bertz CT molecular complexity index is 473. The molecule has 0 atom stereocenters. The highest BCUT2D eigenvalue weighted by Crippen LogP contribution is 2.35. The van der Waals surface area contributed by atoms with Gasteiger partial charge >= 0.3 is 0 Å². The van der Waals surface area contributed by atoms with E-state index in [1.165, 1.54) is 6.33 Å². The highest BCUT2D eigenvalue weighted by molar-refractivity contribution is 9.11. The van der Waals surface area contributed by atoms with Gasteiger partial charge in [-0.1, -0.05) is 0 Å². The molecule has 0 radical (unpaired) electrons. The molecule has 0 saturated heterocycles. The van der Waals surface area contributed by atoms with Crippen molar-refractivity contribution in [3.8, 4) is 5.75 Å². The first kappa shape index (κ1) is 8.90. The summed E-state index contributed by atoms with van der Waals surface area (Å²) in [5.41, 5.74) is 0.538. The molecule has 2 rings (SSSR count). The normalized spacial score (nSPS) is 10.6. The number of rotatable bonds is 0. The van der Waals surface area contributed by atoms with E-state index in [9.17, 15) is 5.11 Å². The summed E-state index contributed by atoms with van der Waals surface area (Å²) in [7, 11) is 0. The number of benzene rings is 1. The second kappa shape index (κ2) is 3.23. The van der Waals surface area contributed by atoms with Gasteiger partial charge in [-0.3, -0.25) is 0 Å². The Morgan fingerprint density at radius 3 is 2.77 bits per heavy atom. The molecule has 3 nitrogen and oxygen atoms in total. The molecule has 0 aliphatic heterocycles. The zero-order valence-electron chi connectivity index (χ0n) is 6.33. The largest absolute Gasteiger partial charge is 0.505 e. The number of phenolic OH excluding ortho intramolecular Hbond substituents is 1. The minimum Gasteiger partial charge on any atom is -0.505 e. The number of halogens is 2. The minimum atomic E-state index is 0.139. The molecular weight excluding hydrogens is 300 g/mol. The van der Waals surface area contributed by atoms with Gasteiger partial charge in [0.1, 0.15) is 11.8 Å². The number of hydrogen-bond donors (Lipinski definition) is 1. The topological polar surface area (TPSA) is 46.0 Å². The molecule has 1 aromatic carbocycles. The molecule has 13 heavy (non-hydrogen) atoms. The molecule has 0 aliphatic rings. The van der Waals surface area contributed by atoms with Crippen molar-refractivity contribution in [1.29, 1.82) is 0 Å². The summed E-state index contributed by atoms with van der Waals surface area (Å²) in [5, 5.41) is 10.4. The molecule has 0 amide bonds. The number of phenols is 1. The minimum absolute atomic E-state index is 0.139. The second-order valence-corrected chi connectivity index (χ2v) is 4.18. The van der Waals surface area contributed by atoms with Crippen LogP contribution in [-0.2, 0) is 0 Å². The molecule has 1 heterocycles. The zero-order chi connectivity index (χ0) is 9.42. The van der Waals surface area contributed by atoms with Gasteiger partial charge in [0.05, 0.1) is 4.47 Å². The van der Waals surface area contributed by atoms with Gasteiger partial charge in [0.25, 0.3) is 0 Å². The van der Waals surface area contributed by atoms with Crippen LogP contribution < -0.4 is 0 Å². The molecule has 0 bridgehead atoms. The van der Waals surface area contributed by atoms with E-state index in [0.717, 1.165) is 9.86 Å². The third-order valence-corrected chi connectivity index (χ3v) is 2.93. The van der Waals surface area contributed by atoms with Crippen molar-refractivity contribution in [2.24, 2.45) is 0 Å². The molecule has 0 unspecified atom stereocenters. The number of hydrogen-bond acceptors (Lipinski definition) is 3. The van der Waals surface area contributed by atoms with E-state index in [1.54, 1.807) is 12.3 Å². The van der Waals surface area contributed by atoms with Crippen molar-refractivity contribution in [3.05, 3.63) is 27.5 Å². The van der Waals surface area contributed by atoms with E-state index in [1.807, 2.05) is 0 Å². The monoisotopic (exact) mass is 302 g/mol. The summed E-state index contributed by atoms with van der Waals surface area (Å²) < 4.78 is 1.47. The van der Waals surface area contributed by atoms with Crippen molar-refractivity contribution in [2.75, 3.05) is 0 Å². The Kier molecular flexibility index (Phi) is 2.21. The average Bonchev–Trinajstić information content (AvgIpc) is 2.15. The SMILES string of the molecule is Oc1c(Br)cc(Br)c2cncnc12. The maximum atomic E-state index is 9.62. The van der Waals surface area contributed by atoms with Crippen molar-refractivity contribution >= 4 is 42.8 Å². The van der Waals surface area contributed by atoms with Crippen LogP contribution in [0.4, 0.5) is 0 Å². The number of aromatic hydroxyl groups is 1. The maximum absolute atomic E-state index is 9.62. The molecule has 1 aromatic heterocycles. The molecule has 0 fully saturated rings. The third kappa shape index (κ3) is 1.42. The van der Waals surface area contributed by atoms with Gasteiger partial charge in [0, 0.05) is 16.1 Å². The predicted molar refractivity (Wildman–Crippen MR) is 56.6 cm³/mol. The number of nitrogens with zero attached hydrogens (tertiary/aromatic N) is 2. The average molecular weight is 304 g/mol. The van der Waals surface area contributed by atoms with Gasteiger partial charge in [-0.05, 0) is 37.9 Å². The molecule has 66 valence electrons. The Hall–Kier alpha value is -0.680. The maximum Gasteiger partial charge on any atom is 0.156 e. The molecule has 0 aliphatic carbocycles. The van der Waals surface area contributed by atoms with Crippen LogP contribution in [0.5, 0.6) is 5.75 Å². The van der Waals surface area contributed by atoms with Crippen LogP contribution in [0, 0.1) is 0 Å². The van der Waals surface area contributed by atoms with Crippen LogP contribution >= 0.6 is 31.9 Å². The summed E-state index contributed by atoms with van der Waals surface area (Å²) in [4.78, 5) is 7.86. The van der Waals surface area contributed by atoms with Crippen molar-refractivity contribution in [1.82, 2.24) is 9.97 Å². The van der Waals surface area contributed by atoms with Crippen LogP contribution in [0.3, 0.4) is 0 Å². The lowest BCUT2D eigenvalue weighted by Gasteiger charge is -2.03. The summed E-state index contributed by atoms with van der Waals surface area (Å²) in [6.45, 7) is 0. The fourth-order valence-electron chi connectivity index (χ4n) is 1.06. The lowest BCUT2D eigenvalue weighted by molar-refractivity contribution is 0.477. The predicted octanol–water partition coefficient (Wildman–Crippen LogP) is 2.86. The van der Waals surface area contributed by atoms with Gasteiger partial charge in [0.15, 0.2) is 5.75 Å². The second-order valence-electron chi connectivity index (χ2n) is 2.47. The van der Waals surface area contributed by atoms with Crippen LogP contribution in [0.25, 0.3) is 10.9 Å². The summed E-state index contributed by atoms with van der Waals surface area (Å²) in [5.74, 6) is 0.139. The third-order valence-electron chi connectivity index (χ3n) is 1.67. The molecule has 2 aromatic rings. The fraction of sp³-hybridized carbons (Fsp3) is 0. The van der Waals surface area contributed by atoms with Gasteiger partial charge in [-0.25, -0.2) is 9.97 Å². The highest BCUT2D eigenvalue weighted by Gasteiger charge is 2.08. The Labute approximate surface area is 91.1 Å². The van der Waals surface area contributed by atoms with Crippen LogP contribution in [0.2, 0.25) is 0 Å². The first-order valence-corrected chi connectivity index (χ1v) is 5.05. The fourth-order valence-corrected chi connectivity index (χ4v) is 2.31. The molecule has 1 N–H and O–H groups in total. The van der Waals surface area contributed by atoms with Crippen LogP contribution in [-0.4, -0.2) is 15.1 Å². The molecule has 5 heteroatoms. The lowest BCUT2D eigenvalue weighted by Crippen LogP contribution is -1.83. The van der Waals surface area contributed by atoms with E-state index in [-0.39, 0.29) is 5.75 Å². The van der Waals surface area contributed by atoms with Gasteiger partial charge < -0.3 is 5.11 Å². The van der Waals surface area contributed by atoms with Crippen molar-refractivity contribution < 1.29 is 5.11 Å². The van der Waals surface area contributed by atoms with Crippen LogP contribution in [0.1, 0.15) is 0 Å². The standard InChI is InChI=1S/C8H4Br2N2O/c9-5-1-6(10)8(13)7-4(5)2-11-3-12-7/h1-3,13H. The summed E-state index contributed by atoms with van der Waals surface area (Å²) in [6, 6.07) is 1.76. The number of aromatic nitrogens is 2. The Morgan fingerprint density at radius 1 is 1.23 bits per heavy atom. The highest BCUT2D eigenvalue weighted by atomic mass is 79.9. The summed E-state index contributed by atoms with van der Waals surface area (Å²) >= 11 is 6.59. The first-order valence-electron chi connectivity index (χ1n) is 3.47.